The van der Waals surface area contributed by atoms with Crippen molar-refractivity contribution in [2.24, 2.45) is 5.92 Å². The van der Waals surface area contributed by atoms with E-state index >= 15 is 0 Å². The average molecular weight is 281 g/mol. The predicted octanol–water partition coefficient (Wildman–Crippen LogP) is 1.79. The highest BCUT2D eigenvalue weighted by atomic mass is 28.3. The van der Waals surface area contributed by atoms with Gasteiger partial charge >= 0.3 is 0 Å². The van der Waals surface area contributed by atoms with Gasteiger partial charge in [0.2, 0.25) is 0 Å². The van der Waals surface area contributed by atoms with E-state index in [0.29, 0.717) is 31.1 Å². The minimum atomic E-state index is -1.20. The number of hydrogen-bond donors (Lipinski definition) is 0. The van der Waals surface area contributed by atoms with E-state index in [-0.39, 0.29) is 0 Å². The zero-order chi connectivity index (χ0) is 13.8. The van der Waals surface area contributed by atoms with Gasteiger partial charge in [0, 0.05) is 19.4 Å². The minimum absolute atomic E-state index is 0.367. The summed E-state index contributed by atoms with van der Waals surface area (Å²) in [5.41, 5.74) is 0. The summed E-state index contributed by atoms with van der Waals surface area (Å²) in [6.07, 6.45) is 1.39. The van der Waals surface area contributed by atoms with Gasteiger partial charge in [0.05, 0.1) is 0 Å². The molecule has 0 atom stereocenters. The Labute approximate surface area is 121 Å². The Hall–Kier alpha value is -1.71. The summed E-state index contributed by atoms with van der Waals surface area (Å²) in [5, 5.41) is 2.52. The highest BCUT2D eigenvalue weighted by Gasteiger charge is 2.28. The standard InChI is InChI=1S/C17H17O2Si/c18-15-11-14(12-15)13-19-20(16-7-3-1-4-8-16)17-9-5-2-6-10-17/h1-10,14H,11-13H2. The average Bonchev–Trinajstić information content (AvgIpc) is 2.48. The molecular formula is C17H17O2Si. The molecule has 1 aliphatic carbocycles. The van der Waals surface area contributed by atoms with Crippen molar-refractivity contribution in [2.45, 2.75) is 12.8 Å². The van der Waals surface area contributed by atoms with Gasteiger partial charge in [-0.05, 0) is 16.3 Å². The van der Waals surface area contributed by atoms with Crippen molar-refractivity contribution in [3.05, 3.63) is 60.7 Å². The number of benzene rings is 2. The number of hydrogen-bond acceptors (Lipinski definition) is 2. The van der Waals surface area contributed by atoms with E-state index in [1.54, 1.807) is 0 Å². The zero-order valence-electron chi connectivity index (χ0n) is 11.3. The number of rotatable bonds is 5. The Kier molecular flexibility index (Phi) is 4.09. The first-order valence-corrected chi connectivity index (χ1v) is 8.36. The van der Waals surface area contributed by atoms with Gasteiger partial charge in [-0.2, -0.15) is 0 Å². The third-order valence-corrected chi connectivity index (χ3v) is 5.74. The quantitative estimate of drug-likeness (QED) is 0.781. The maximum Gasteiger partial charge on any atom is 0.282 e. The Balaban J connectivity index is 1.75. The minimum Gasteiger partial charge on any atom is -0.407 e. The lowest BCUT2D eigenvalue weighted by molar-refractivity contribution is -0.127. The van der Waals surface area contributed by atoms with Crippen molar-refractivity contribution in [3.8, 4) is 0 Å². The van der Waals surface area contributed by atoms with Crippen LogP contribution in [0.15, 0.2) is 60.7 Å². The topological polar surface area (TPSA) is 26.3 Å². The molecule has 1 saturated carbocycles. The van der Waals surface area contributed by atoms with E-state index in [0.717, 1.165) is 0 Å². The maximum absolute atomic E-state index is 11.0. The second-order valence-electron chi connectivity index (χ2n) is 5.19. The monoisotopic (exact) mass is 281 g/mol. The molecule has 0 saturated heterocycles. The molecule has 1 aliphatic rings. The van der Waals surface area contributed by atoms with Crippen molar-refractivity contribution in [1.82, 2.24) is 0 Å². The molecule has 2 aromatic rings. The van der Waals surface area contributed by atoms with Crippen LogP contribution >= 0.6 is 0 Å². The van der Waals surface area contributed by atoms with Crippen molar-refractivity contribution in [1.29, 1.82) is 0 Å². The fraction of sp³-hybridized carbons (Fsp3) is 0.235. The van der Waals surface area contributed by atoms with E-state index in [2.05, 4.69) is 48.5 Å². The van der Waals surface area contributed by atoms with E-state index in [9.17, 15) is 4.79 Å². The van der Waals surface area contributed by atoms with Crippen LogP contribution in [0.1, 0.15) is 12.8 Å². The number of carbonyl (C=O) groups excluding carboxylic acids is 1. The first-order valence-electron chi connectivity index (χ1n) is 6.95. The summed E-state index contributed by atoms with van der Waals surface area (Å²) < 4.78 is 6.22. The predicted molar refractivity (Wildman–Crippen MR) is 81.6 cm³/mol. The summed E-state index contributed by atoms with van der Waals surface area (Å²) in [7, 11) is -1.20. The van der Waals surface area contributed by atoms with Crippen LogP contribution in [0.5, 0.6) is 0 Å². The van der Waals surface area contributed by atoms with Crippen LogP contribution in [0.2, 0.25) is 0 Å². The molecule has 20 heavy (non-hydrogen) atoms. The third-order valence-electron chi connectivity index (χ3n) is 3.57. The summed E-state index contributed by atoms with van der Waals surface area (Å²) in [6.45, 7) is 0.698. The van der Waals surface area contributed by atoms with E-state index in [1.165, 1.54) is 10.4 Å². The Morgan fingerprint density at radius 2 is 1.40 bits per heavy atom. The largest absolute Gasteiger partial charge is 0.407 e. The Morgan fingerprint density at radius 3 is 1.85 bits per heavy atom. The molecule has 101 valence electrons. The third kappa shape index (κ3) is 3.06. The van der Waals surface area contributed by atoms with Gasteiger partial charge in [0.25, 0.3) is 9.04 Å². The van der Waals surface area contributed by atoms with Crippen LogP contribution < -0.4 is 10.4 Å². The lowest BCUT2D eigenvalue weighted by Crippen LogP contribution is -2.46. The molecule has 0 unspecified atom stereocenters. The molecule has 0 bridgehead atoms. The first kappa shape index (κ1) is 13.3. The maximum atomic E-state index is 11.0. The van der Waals surface area contributed by atoms with Gasteiger partial charge in [-0.15, -0.1) is 0 Å². The van der Waals surface area contributed by atoms with Crippen LogP contribution in [-0.2, 0) is 9.22 Å². The lowest BCUT2D eigenvalue weighted by Gasteiger charge is -2.26. The van der Waals surface area contributed by atoms with Crippen LogP contribution in [0.25, 0.3) is 0 Å². The van der Waals surface area contributed by atoms with Crippen molar-refractivity contribution in [3.63, 3.8) is 0 Å². The van der Waals surface area contributed by atoms with Gasteiger partial charge in [-0.25, -0.2) is 0 Å². The van der Waals surface area contributed by atoms with E-state index in [1.807, 2.05) is 12.1 Å². The van der Waals surface area contributed by atoms with Crippen molar-refractivity contribution >= 4 is 25.2 Å². The molecule has 3 heteroatoms. The summed E-state index contributed by atoms with van der Waals surface area (Å²) in [4.78, 5) is 11.0. The number of Topliss-reactive ketones (excluding diaryl/α,β-unsaturated/α-hetero) is 1. The van der Waals surface area contributed by atoms with E-state index < -0.39 is 9.04 Å². The fourth-order valence-corrected chi connectivity index (χ4v) is 4.48. The van der Waals surface area contributed by atoms with Gasteiger partial charge in [-0.3, -0.25) is 4.79 Å². The van der Waals surface area contributed by atoms with Crippen LogP contribution in [0.3, 0.4) is 0 Å². The summed E-state index contributed by atoms with van der Waals surface area (Å²) in [5.74, 6) is 0.793. The summed E-state index contributed by atoms with van der Waals surface area (Å²) >= 11 is 0. The van der Waals surface area contributed by atoms with Gasteiger partial charge in [0.1, 0.15) is 5.78 Å². The molecular weight excluding hydrogens is 264 g/mol. The summed E-state index contributed by atoms with van der Waals surface area (Å²) in [6, 6.07) is 20.8. The van der Waals surface area contributed by atoms with Crippen LogP contribution in [-0.4, -0.2) is 21.4 Å². The Bertz CT molecular complexity index is 521. The Morgan fingerprint density at radius 1 is 0.900 bits per heavy atom. The fourth-order valence-electron chi connectivity index (χ4n) is 2.42. The highest BCUT2D eigenvalue weighted by Crippen LogP contribution is 2.22. The molecule has 0 aromatic heterocycles. The molecule has 0 N–H and O–H groups in total. The highest BCUT2D eigenvalue weighted by molar-refractivity contribution is 6.80. The normalized spacial score (nSPS) is 15.3. The molecule has 0 spiro atoms. The zero-order valence-corrected chi connectivity index (χ0v) is 12.3. The van der Waals surface area contributed by atoms with Gasteiger partial charge in [-0.1, -0.05) is 60.7 Å². The second kappa shape index (κ2) is 6.16. The van der Waals surface area contributed by atoms with Gasteiger partial charge < -0.3 is 4.43 Å². The SMILES string of the molecule is O=C1CC(CO[Si](c2ccccc2)c2ccccc2)C1. The first-order chi connectivity index (χ1) is 9.83. The molecule has 3 rings (SSSR count). The van der Waals surface area contributed by atoms with E-state index in [4.69, 9.17) is 4.43 Å². The van der Waals surface area contributed by atoms with Gasteiger partial charge in [0.15, 0.2) is 0 Å². The van der Waals surface area contributed by atoms with Crippen LogP contribution in [0, 0.1) is 5.92 Å². The molecule has 0 aliphatic heterocycles. The lowest BCUT2D eigenvalue weighted by atomic mass is 9.85. The molecule has 0 amide bonds. The second-order valence-corrected chi connectivity index (χ2v) is 7.29. The molecule has 2 nitrogen and oxygen atoms in total. The molecule has 1 fully saturated rings. The molecule has 0 heterocycles. The number of carbonyl (C=O) groups is 1. The molecule has 1 radical (unpaired) electrons. The molecule has 2 aromatic carbocycles. The van der Waals surface area contributed by atoms with Crippen molar-refractivity contribution < 1.29 is 9.22 Å². The van der Waals surface area contributed by atoms with Crippen molar-refractivity contribution in [2.75, 3.05) is 6.61 Å². The number of ketones is 1. The van der Waals surface area contributed by atoms with Crippen LogP contribution in [0.4, 0.5) is 0 Å². The smallest absolute Gasteiger partial charge is 0.282 e.